The number of nitrogens with one attached hydrogen (secondary N) is 1. The Hall–Kier alpha value is -1.22. The van der Waals surface area contributed by atoms with E-state index in [1.54, 1.807) is 14.2 Å². The van der Waals surface area contributed by atoms with Crippen molar-refractivity contribution in [1.82, 2.24) is 10.2 Å². The van der Waals surface area contributed by atoms with Crippen LogP contribution in [-0.2, 0) is 0 Å². The number of aliphatic hydroxyl groups is 1. The van der Waals surface area contributed by atoms with Gasteiger partial charge in [-0.15, -0.1) is 24.0 Å². The van der Waals surface area contributed by atoms with Crippen LogP contribution in [0.4, 0.5) is 0 Å². The number of methoxy groups -OCH3 is 2. The lowest BCUT2D eigenvalue weighted by Gasteiger charge is -2.23. The lowest BCUT2D eigenvalue weighted by molar-refractivity contribution is 0.136. The molecule has 1 aromatic carbocycles. The van der Waals surface area contributed by atoms with E-state index in [1.807, 2.05) is 6.07 Å². The van der Waals surface area contributed by atoms with Gasteiger partial charge in [-0.3, -0.25) is 4.99 Å². The number of rotatable bonds is 6. The van der Waals surface area contributed by atoms with Gasteiger partial charge in [-0.1, -0.05) is 6.42 Å². The van der Waals surface area contributed by atoms with E-state index < -0.39 is 0 Å². The summed E-state index contributed by atoms with van der Waals surface area (Å²) in [5.74, 6) is 3.36. The Kier molecular flexibility index (Phi) is 9.14. The van der Waals surface area contributed by atoms with E-state index in [0.717, 1.165) is 62.8 Å². The van der Waals surface area contributed by atoms with Crippen molar-refractivity contribution in [3.05, 3.63) is 23.8 Å². The molecule has 1 aliphatic heterocycles. The van der Waals surface area contributed by atoms with Gasteiger partial charge in [0.05, 0.1) is 20.3 Å². The van der Waals surface area contributed by atoms with Crippen molar-refractivity contribution < 1.29 is 14.6 Å². The first kappa shape index (κ1) is 23.1. The molecule has 0 spiro atoms. The van der Waals surface area contributed by atoms with E-state index in [-0.39, 0.29) is 30.1 Å². The van der Waals surface area contributed by atoms with Crippen molar-refractivity contribution in [3.8, 4) is 11.5 Å². The maximum atomic E-state index is 10.1. The molecule has 6 nitrogen and oxygen atoms in total. The van der Waals surface area contributed by atoms with Crippen LogP contribution in [0.5, 0.6) is 11.5 Å². The Morgan fingerprint density at radius 3 is 2.46 bits per heavy atom. The van der Waals surface area contributed by atoms with Crippen molar-refractivity contribution in [1.29, 1.82) is 0 Å². The molecule has 158 valence electrons. The van der Waals surface area contributed by atoms with E-state index in [9.17, 15) is 5.11 Å². The molecule has 0 radical (unpaired) electrons. The minimum Gasteiger partial charge on any atom is -0.497 e. The quantitative estimate of drug-likeness (QED) is 0.355. The van der Waals surface area contributed by atoms with Crippen molar-refractivity contribution in [2.24, 2.45) is 10.9 Å². The molecule has 3 unspecified atom stereocenters. The zero-order valence-electron chi connectivity index (χ0n) is 17.2. The molecular weight excluding hydrogens is 469 g/mol. The van der Waals surface area contributed by atoms with Crippen LogP contribution in [0, 0.1) is 5.92 Å². The summed E-state index contributed by atoms with van der Waals surface area (Å²) in [6, 6.07) is 6.12. The SMILES string of the molecule is CCNC(=NCC1CCCC1O)N1CCC(c2cc(OC)cc(OC)c2)C1.I. The van der Waals surface area contributed by atoms with Crippen LogP contribution in [0.25, 0.3) is 0 Å². The van der Waals surface area contributed by atoms with Crippen LogP contribution >= 0.6 is 24.0 Å². The predicted molar refractivity (Wildman–Crippen MR) is 123 cm³/mol. The molecule has 3 rings (SSSR count). The maximum absolute atomic E-state index is 10.1. The summed E-state index contributed by atoms with van der Waals surface area (Å²) >= 11 is 0. The Bertz CT molecular complexity index is 634. The molecule has 7 heteroatoms. The zero-order valence-corrected chi connectivity index (χ0v) is 19.5. The molecule has 2 aliphatic rings. The van der Waals surface area contributed by atoms with E-state index in [4.69, 9.17) is 14.5 Å². The first-order valence-electron chi connectivity index (χ1n) is 10.1. The summed E-state index contributed by atoms with van der Waals surface area (Å²) in [5.41, 5.74) is 1.25. The highest BCUT2D eigenvalue weighted by atomic mass is 127. The largest absolute Gasteiger partial charge is 0.497 e. The molecular formula is C21H34IN3O3. The maximum Gasteiger partial charge on any atom is 0.193 e. The van der Waals surface area contributed by atoms with Gasteiger partial charge in [0.2, 0.25) is 0 Å². The number of likely N-dealkylation sites (tertiary alicyclic amines) is 1. The summed E-state index contributed by atoms with van der Waals surface area (Å²) in [5, 5.41) is 13.5. The number of aliphatic imine (C=N–C) groups is 1. The van der Waals surface area contributed by atoms with Crippen LogP contribution < -0.4 is 14.8 Å². The van der Waals surface area contributed by atoms with Crippen molar-refractivity contribution in [2.75, 3.05) is 40.4 Å². The summed E-state index contributed by atoms with van der Waals surface area (Å²) in [4.78, 5) is 7.18. The summed E-state index contributed by atoms with van der Waals surface area (Å²) < 4.78 is 10.8. The van der Waals surface area contributed by atoms with Gasteiger partial charge in [0.25, 0.3) is 0 Å². The number of aliphatic hydroxyl groups excluding tert-OH is 1. The average molecular weight is 503 g/mol. The van der Waals surface area contributed by atoms with E-state index >= 15 is 0 Å². The highest BCUT2D eigenvalue weighted by molar-refractivity contribution is 14.0. The first-order valence-corrected chi connectivity index (χ1v) is 10.1. The van der Waals surface area contributed by atoms with E-state index in [2.05, 4.69) is 29.3 Å². The molecule has 1 aromatic rings. The van der Waals surface area contributed by atoms with Gasteiger partial charge in [-0.25, -0.2) is 0 Å². The predicted octanol–water partition coefficient (Wildman–Crippen LogP) is 3.24. The van der Waals surface area contributed by atoms with Gasteiger partial charge in [0.1, 0.15) is 11.5 Å². The Morgan fingerprint density at radius 1 is 1.18 bits per heavy atom. The first-order chi connectivity index (χ1) is 13.1. The summed E-state index contributed by atoms with van der Waals surface area (Å²) in [6.07, 6.45) is 4.00. The van der Waals surface area contributed by atoms with Crippen LogP contribution in [-0.4, -0.2) is 62.5 Å². The lowest BCUT2D eigenvalue weighted by atomic mass is 9.98. The van der Waals surface area contributed by atoms with Gasteiger partial charge in [0.15, 0.2) is 5.96 Å². The molecule has 1 heterocycles. The van der Waals surface area contributed by atoms with Gasteiger partial charge in [-0.05, 0) is 43.9 Å². The molecule has 0 aromatic heterocycles. The fourth-order valence-electron chi connectivity index (χ4n) is 4.15. The van der Waals surface area contributed by atoms with Gasteiger partial charge in [0, 0.05) is 44.1 Å². The normalized spacial score (nSPS) is 24.8. The van der Waals surface area contributed by atoms with Gasteiger partial charge < -0.3 is 24.8 Å². The number of nitrogens with zero attached hydrogens (tertiary/aromatic N) is 2. The summed E-state index contributed by atoms with van der Waals surface area (Å²) in [7, 11) is 3.37. The highest BCUT2D eigenvalue weighted by Crippen LogP contribution is 2.33. The molecule has 1 aliphatic carbocycles. The fraction of sp³-hybridized carbons (Fsp3) is 0.667. The molecule has 1 saturated carbocycles. The van der Waals surface area contributed by atoms with Crippen LogP contribution in [0.2, 0.25) is 0 Å². The number of guanidine groups is 1. The number of hydrogen-bond acceptors (Lipinski definition) is 4. The van der Waals surface area contributed by atoms with E-state index in [1.165, 1.54) is 5.56 Å². The number of hydrogen-bond donors (Lipinski definition) is 2. The molecule has 3 atom stereocenters. The van der Waals surface area contributed by atoms with Crippen LogP contribution in [0.3, 0.4) is 0 Å². The number of ether oxygens (including phenoxy) is 2. The molecule has 2 fully saturated rings. The smallest absolute Gasteiger partial charge is 0.193 e. The van der Waals surface area contributed by atoms with Crippen molar-refractivity contribution >= 4 is 29.9 Å². The zero-order chi connectivity index (χ0) is 19.2. The second kappa shape index (κ2) is 11.1. The Morgan fingerprint density at radius 2 is 1.89 bits per heavy atom. The standard InChI is InChI=1S/C21H33N3O3.HI/c1-4-22-21(23-13-15-6-5-7-20(15)25)24-9-8-16(14-24)17-10-18(26-2)12-19(11-17)27-3;/h10-12,15-16,20,25H,4-9,13-14H2,1-3H3,(H,22,23);1H. The number of benzene rings is 1. The Labute approximate surface area is 185 Å². The summed E-state index contributed by atoms with van der Waals surface area (Å²) in [6.45, 7) is 5.55. The second-order valence-corrected chi connectivity index (χ2v) is 7.53. The van der Waals surface area contributed by atoms with Crippen LogP contribution in [0.1, 0.15) is 44.1 Å². The molecule has 28 heavy (non-hydrogen) atoms. The lowest BCUT2D eigenvalue weighted by Crippen LogP contribution is -2.40. The Balaban J connectivity index is 0.00000280. The van der Waals surface area contributed by atoms with Crippen molar-refractivity contribution in [3.63, 3.8) is 0 Å². The minimum absolute atomic E-state index is 0. The van der Waals surface area contributed by atoms with Crippen molar-refractivity contribution in [2.45, 2.75) is 44.6 Å². The fourth-order valence-corrected chi connectivity index (χ4v) is 4.15. The second-order valence-electron chi connectivity index (χ2n) is 7.53. The molecule has 0 bridgehead atoms. The monoisotopic (exact) mass is 503 g/mol. The average Bonchev–Trinajstić information content (AvgIpc) is 3.34. The highest BCUT2D eigenvalue weighted by Gasteiger charge is 2.28. The number of halogens is 1. The minimum atomic E-state index is -0.188. The topological polar surface area (TPSA) is 66.3 Å². The molecule has 0 amide bonds. The van der Waals surface area contributed by atoms with Gasteiger partial charge in [-0.2, -0.15) is 0 Å². The third kappa shape index (κ3) is 5.65. The van der Waals surface area contributed by atoms with Crippen LogP contribution in [0.15, 0.2) is 23.2 Å². The third-order valence-corrected chi connectivity index (χ3v) is 5.76. The van der Waals surface area contributed by atoms with Gasteiger partial charge >= 0.3 is 0 Å². The third-order valence-electron chi connectivity index (χ3n) is 5.76. The van der Waals surface area contributed by atoms with E-state index in [0.29, 0.717) is 18.4 Å². The molecule has 1 saturated heterocycles. The molecule has 2 N–H and O–H groups in total.